The molecule has 1 amide bonds. The van der Waals surface area contributed by atoms with Crippen LogP contribution in [-0.4, -0.2) is 72.4 Å². The van der Waals surface area contributed by atoms with Gasteiger partial charge in [-0.1, -0.05) is 35.9 Å². The number of aryl methyl sites for hydroxylation is 1. The summed E-state index contributed by atoms with van der Waals surface area (Å²) >= 11 is 6.88. The molecule has 13 heteroatoms. The van der Waals surface area contributed by atoms with Crippen LogP contribution in [-0.2, 0) is 17.8 Å². The van der Waals surface area contributed by atoms with Crippen LogP contribution in [0.15, 0.2) is 66.7 Å². The minimum absolute atomic E-state index is 0.0190. The van der Waals surface area contributed by atoms with Crippen molar-refractivity contribution in [1.82, 2.24) is 19.9 Å². The Bertz CT molecular complexity index is 2040. The van der Waals surface area contributed by atoms with E-state index in [4.69, 9.17) is 30.8 Å². The first-order valence-electron chi connectivity index (χ1n) is 16.6. The van der Waals surface area contributed by atoms with Crippen molar-refractivity contribution in [3.63, 3.8) is 0 Å². The SMILES string of the molecule is COc1ccc(CN(Cc2ccc(OC)cc2)c2cc(C)cc(-c3c(Cl)cc4c(N5CCC6(CC5)CN(C)C(=O)O6)nc(F)nc4c3F)n2)cc1. The fourth-order valence-electron chi connectivity index (χ4n) is 6.87. The van der Waals surface area contributed by atoms with Crippen LogP contribution < -0.4 is 19.3 Å². The number of amides is 1. The fourth-order valence-corrected chi connectivity index (χ4v) is 7.16. The van der Waals surface area contributed by atoms with E-state index in [0.29, 0.717) is 51.4 Å². The molecule has 2 fully saturated rings. The van der Waals surface area contributed by atoms with E-state index in [1.807, 2.05) is 66.4 Å². The Labute approximate surface area is 299 Å². The van der Waals surface area contributed by atoms with Crippen molar-refractivity contribution in [2.45, 2.75) is 38.5 Å². The molecule has 0 bridgehead atoms. The van der Waals surface area contributed by atoms with Gasteiger partial charge in [-0.05, 0) is 66.1 Å². The Balaban J connectivity index is 1.25. The number of piperidine rings is 1. The molecule has 51 heavy (non-hydrogen) atoms. The zero-order valence-corrected chi connectivity index (χ0v) is 29.5. The molecule has 3 aromatic carbocycles. The Hall–Kier alpha value is -5.23. The van der Waals surface area contributed by atoms with Gasteiger partial charge < -0.3 is 28.9 Å². The minimum atomic E-state index is -1.06. The van der Waals surface area contributed by atoms with Crippen LogP contribution in [0, 0.1) is 18.8 Å². The summed E-state index contributed by atoms with van der Waals surface area (Å²) in [6.45, 7) is 4.22. The summed E-state index contributed by atoms with van der Waals surface area (Å²) < 4.78 is 48.1. The van der Waals surface area contributed by atoms with Crippen LogP contribution in [0.4, 0.5) is 25.2 Å². The summed E-state index contributed by atoms with van der Waals surface area (Å²) in [5.74, 6) is 1.54. The molecule has 2 aliphatic heterocycles. The zero-order chi connectivity index (χ0) is 35.9. The smallest absolute Gasteiger partial charge is 0.410 e. The molecule has 7 rings (SSSR count). The lowest BCUT2D eigenvalue weighted by molar-refractivity contribution is 0.0366. The zero-order valence-electron chi connectivity index (χ0n) is 28.8. The Morgan fingerprint density at radius 1 is 0.902 bits per heavy atom. The molecule has 0 aliphatic carbocycles. The summed E-state index contributed by atoms with van der Waals surface area (Å²) in [6, 6.07) is 20.8. The summed E-state index contributed by atoms with van der Waals surface area (Å²) in [7, 11) is 4.95. The molecule has 0 saturated carbocycles. The molecule has 1 spiro atoms. The van der Waals surface area contributed by atoms with Crippen molar-refractivity contribution in [2.24, 2.45) is 0 Å². The van der Waals surface area contributed by atoms with Gasteiger partial charge in [-0.3, -0.25) is 0 Å². The molecule has 10 nitrogen and oxygen atoms in total. The normalized spacial score (nSPS) is 15.4. The molecule has 4 heterocycles. The van der Waals surface area contributed by atoms with Crippen LogP contribution in [0.3, 0.4) is 0 Å². The maximum absolute atomic E-state index is 16.7. The standard InChI is InChI=1S/C38H37ClF2N6O4/c1-23-17-30(42-31(18-23)47(20-24-5-9-26(49-3)10-6-24)21-25-7-11-27(50-4)12-8-25)32-29(39)19-28-34(33(32)40)43-36(41)44-35(28)46-15-13-38(14-16-46)22-45(2)37(48)51-38/h5-12,17-19H,13-16,20-22H2,1-4H3. The molecular formula is C38H37ClF2N6O4. The van der Waals surface area contributed by atoms with E-state index in [1.165, 1.54) is 0 Å². The quantitative estimate of drug-likeness (QED) is 0.143. The highest BCUT2D eigenvalue weighted by Crippen LogP contribution is 2.40. The fraction of sp³-hybridized carbons (Fsp3) is 0.316. The Kier molecular flexibility index (Phi) is 9.28. The monoisotopic (exact) mass is 714 g/mol. The van der Waals surface area contributed by atoms with Gasteiger partial charge in [0.1, 0.15) is 34.3 Å². The third-order valence-electron chi connectivity index (χ3n) is 9.55. The lowest BCUT2D eigenvalue weighted by Gasteiger charge is -2.38. The lowest BCUT2D eigenvalue weighted by Crippen LogP contribution is -2.47. The molecule has 0 radical (unpaired) electrons. The third kappa shape index (κ3) is 6.92. The largest absolute Gasteiger partial charge is 0.497 e. The average Bonchev–Trinajstić information content (AvgIpc) is 3.40. The van der Waals surface area contributed by atoms with E-state index < -0.39 is 17.5 Å². The molecule has 2 aliphatic rings. The minimum Gasteiger partial charge on any atom is -0.497 e. The van der Waals surface area contributed by atoms with Crippen molar-refractivity contribution in [2.75, 3.05) is 50.7 Å². The Morgan fingerprint density at radius 3 is 2.06 bits per heavy atom. The van der Waals surface area contributed by atoms with Crippen LogP contribution in [0.5, 0.6) is 11.5 Å². The highest BCUT2D eigenvalue weighted by molar-refractivity contribution is 6.34. The number of hydrogen-bond donors (Lipinski definition) is 0. The second-order valence-electron chi connectivity index (χ2n) is 13.1. The van der Waals surface area contributed by atoms with Gasteiger partial charge in [0, 0.05) is 51.5 Å². The molecule has 0 atom stereocenters. The predicted molar refractivity (Wildman–Crippen MR) is 192 cm³/mol. The first-order chi connectivity index (χ1) is 24.5. The summed E-state index contributed by atoms with van der Waals surface area (Å²) in [6.07, 6.45) is -0.380. The number of halogens is 3. The highest BCUT2D eigenvalue weighted by atomic mass is 35.5. The molecule has 0 unspecified atom stereocenters. The highest BCUT2D eigenvalue weighted by Gasteiger charge is 2.46. The maximum atomic E-state index is 16.7. The molecule has 264 valence electrons. The number of fused-ring (bicyclic) bond motifs is 1. The number of ether oxygens (including phenoxy) is 3. The molecular weight excluding hydrogens is 678 g/mol. The first kappa shape index (κ1) is 34.2. The van der Waals surface area contributed by atoms with Gasteiger partial charge in [-0.15, -0.1) is 0 Å². The summed E-state index contributed by atoms with van der Waals surface area (Å²) in [4.78, 5) is 30.5. The van der Waals surface area contributed by atoms with Crippen LogP contribution in [0.1, 0.15) is 29.5 Å². The maximum Gasteiger partial charge on any atom is 0.410 e. The number of anilines is 2. The van der Waals surface area contributed by atoms with Crippen LogP contribution in [0.25, 0.3) is 22.2 Å². The number of carbonyl (C=O) groups is 1. The van der Waals surface area contributed by atoms with E-state index in [1.54, 1.807) is 38.3 Å². The van der Waals surface area contributed by atoms with Gasteiger partial charge in [0.15, 0.2) is 5.82 Å². The third-order valence-corrected chi connectivity index (χ3v) is 9.85. The van der Waals surface area contributed by atoms with E-state index in [0.717, 1.165) is 28.2 Å². The first-order valence-corrected chi connectivity index (χ1v) is 17.0. The summed E-state index contributed by atoms with van der Waals surface area (Å²) in [5, 5.41) is 0.379. The molecule has 2 aromatic heterocycles. The van der Waals surface area contributed by atoms with Gasteiger partial charge in [0.2, 0.25) is 0 Å². The lowest BCUT2D eigenvalue weighted by atomic mass is 9.91. The van der Waals surface area contributed by atoms with Crippen molar-refractivity contribution in [1.29, 1.82) is 0 Å². The van der Waals surface area contributed by atoms with E-state index >= 15 is 8.78 Å². The summed E-state index contributed by atoms with van der Waals surface area (Å²) in [5.41, 5.74) is 2.37. The van der Waals surface area contributed by atoms with Crippen molar-refractivity contribution >= 4 is 40.2 Å². The number of rotatable bonds is 9. The average molecular weight is 715 g/mol. The molecule has 0 N–H and O–H groups in total. The second-order valence-corrected chi connectivity index (χ2v) is 13.5. The number of pyridine rings is 1. The second kappa shape index (κ2) is 13.8. The number of likely N-dealkylation sites (N-methyl/N-ethyl adjacent to an activating group) is 1. The van der Waals surface area contributed by atoms with Crippen LogP contribution in [0.2, 0.25) is 5.02 Å². The predicted octanol–water partition coefficient (Wildman–Crippen LogP) is 7.58. The Morgan fingerprint density at radius 2 is 1.51 bits per heavy atom. The number of methoxy groups -OCH3 is 2. The van der Waals surface area contributed by atoms with Gasteiger partial charge >= 0.3 is 12.2 Å². The topological polar surface area (TPSA) is 93.2 Å². The number of hydrogen-bond acceptors (Lipinski definition) is 9. The molecule has 2 saturated heterocycles. The van der Waals surface area contributed by atoms with Crippen molar-refractivity contribution in [3.8, 4) is 22.8 Å². The van der Waals surface area contributed by atoms with Gasteiger partial charge in [-0.25, -0.2) is 14.2 Å². The van der Waals surface area contributed by atoms with E-state index in [9.17, 15) is 4.79 Å². The van der Waals surface area contributed by atoms with Crippen molar-refractivity contribution < 1.29 is 27.8 Å². The number of carbonyl (C=O) groups excluding carboxylic acids is 1. The van der Waals surface area contributed by atoms with E-state index in [2.05, 4.69) is 14.9 Å². The van der Waals surface area contributed by atoms with Gasteiger partial charge in [0.25, 0.3) is 0 Å². The van der Waals surface area contributed by atoms with Gasteiger partial charge in [0.05, 0.1) is 37.0 Å². The number of aromatic nitrogens is 3. The number of nitrogens with zero attached hydrogens (tertiary/aromatic N) is 6. The van der Waals surface area contributed by atoms with Crippen LogP contribution >= 0.6 is 11.6 Å². The van der Waals surface area contributed by atoms with Gasteiger partial charge in [-0.2, -0.15) is 14.4 Å². The van der Waals surface area contributed by atoms with E-state index in [-0.39, 0.29) is 39.1 Å². The van der Waals surface area contributed by atoms with Crippen molar-refractivity contribution in [3.05, 3.63) is 100 Å². The number of benzene rings is 3. The molecule has 5 aromatic rings.